The highest BCUT2D eigenvalue weighted by Crippen LogP contribution is 2.26. The molecule has 1 aromatic rings. The molecule has 0 aliphatic carbocycles. The minimum atomic E-state index is -1.00. The second-order valence-electron chi connectivity index (χ2n) is 2.60. The van der Waals surface area contributed by atoms with Crippen LogP contribution in [-0.2, 0) is 11.2 Å². The number of aliphatic carboxylic acids is 1. The molecular formula is C9H6ClNO2S. The van der Waals surface area contributed by atoms with Crippen LogP contribution in [0.3, 0.4) is 0 Å². The Morgan fingerprint density at radius 1 is 1.64 bits per heavy atom. The lowest BCUT2D eigenvalue weighted by molar-refractivity contribution is -0.136. The molecule has 0 saturated carbocycles. The van der Waals surface area contributed by atoms with Gasteiger partial charge in [-0.1, -0.05) is 11.6 Å². The van der Waals surface area contributed by atoms with E-state index in [1.807, 2.05) is 6.07 Å². The second kappa shape index (κ2) is 4.36. The van der Waals surface area contributed by atoms with Gasteiger partial charge in [-0.2, -0.15) is 5.26 Å². The molecule has 0 bridgehead atoms. The first kappa shape index (κ1) is 10.9. The molecule has 0 amide bonds. The number of carboxylic acid groups (broad SMARTS) is 1. The third-order valence-corrected chi connectivity index (χ3v) is 2.54. The summed E-state index contributed by atoms with van der Waals surface area (Å²) in [5.74, 6) is -1.00. The van der Waals surface area contributed by atoms with Gasteiger partial charge in [0.15, 0.2) is 0 Å². The molecule has 1 N–H and O–H groups in total. The van der Waals surface area contributed by atoms with E-state index in [0.717, 1.165) is 0 Å². The first-order valence-corrected chi connectivity index (χ1v) is 4.51. The summed E-state index contributed by atoms with van der Waals surface area (Å²) >= 11 is 9.85. The van der Waals surface area contributed by atoms with Crippen molar-refractivity contribution in [3.05, 3.63) is 28.3 Å². The number of thiol groups is 1. The van der Waals surface area contributed by atoms with E-state index in [-0.39, 0.29) is 6.42 Å². The Morgan fingerprint density at radius 2 is 2.29 bits per heavy atom. The maximum absolute atomic E-state index is 10.5. The highest BCUT2D eigenvalue weighted by Gasteiger charge is 2.12. The van der Waals surface area contributed by atoms with Gasteiger partial charge in [0.05, 0.1) is 12.0 Å². The van der Waals surface area contributed by atoms with E-state index in [1.54, 1.807) is 0 Å². The zero-order valence-electron chi connectivity index (χ0n) is 6.99. The average Bonchev–Trinajstić information content (AvgIpc) is 2.12. The number of halogens is 1. The number of carbonyl (C=O) groups is 1. The number of nitriles is 1. The first-order chi connectivity index (χ1) is 6.56. The smallest absolute Gasteiger partial charge is 0.307 e. The van der Waals surface area contributed by atoms with Crippen LogP contribution >= 0.6 is 24.2 Å². The van der Waals surface area contributed by atoms with Gasteiger partial charge in [0.1, 0.15) is 6.07 Å². The van der Waals surface area contributed by atoms with Crippen LogP contribution in [0.2, 0.25) is 5.02 Å². The van der Waals surface area contributed by atoms with Crippen LogP contribution in [0.15, 0.2) is 17.0 Å². The summed E-state index contributed by atoms with van der Waals surface area (Å²) < 4.78 is 0. The fraction of sp³-hybridized carbons (Fsp3) is 0.111. The average molecular weight is 228 g/mol. The first-order valence-electron chi connectivity index (χ1n) is 3.68. The van der Waals surface area contributed by atoms with Crippen LogP contribution in [-0.4, -0.2) is 11.1 Å². The van der Waals surface area contributed by atoms with E-state index in [2.05, 4.69) is 12.6 Å². The Bertz CT molecular complexity index is 426. The van der Waals surface area contributed by atoms with Gasteiger partial charge in [-0.15, -0.1) is 12.6 Å². The summed E-state index contributed by atoms with van der Waals surface area (Å²) in [6.07, 6.45) is -0.229. The Kier molecular flexibility index (Phi) is 3.39. The molecule has 1 aromatic carbocycles. The summed E-state index contributed by atoms with van der Waals surface area (Å²) in [6, 6.07) is 4.92. The van der Waals surface area contributed by atoms with Crippen molar-refractivity contribution in [1.29, 1.82) is 5.26 Å². The molecule has 3 nitrogen and oxygen atoms in total. The van der Waals surface area contributed by atoms with Crippen LogP contribution in [0.5, 0.6) is 0 Å². The number of nitrogens with zero attached hydrogens (tertiary/aromatic N) is 1. The van der Waals surface area contributed by atoms with Crippen molar-refractivity contribution < 1.29 is 9.90 Å². The van der Waals surface area contributed by atoms with E-state index >= 15 is 0 Å². The minimum Gasteiger partial charge on any atom is -0.481 e. The Morgan fingerprint density at radius 3 is 2.79 bits per heavy atom. The molecule has 72 valence electrons. The number of carboxylic acids is 1. The van der Waals surface area contributed by atoms with Crippen LogP contribution < -0.4 is 0 Å². The van der Waals surface area contributed by atoms with Crippen LogP contribution in [0, 0.1) is 11.3 Å². The van der Waals surface area contributed by atoms with Gasteiger partial charge in [0.2, 0.25) is 0 Å². The van der Waals surface area contributed by atoms with E-state index in [4.69, 9.17) is 22.0 Å². The van der Waals surface area contributed by atoms with Gasteiger partial charge in [-0.05, 0) is 17.7 Å². The van der Waals surface area contributed by atoms with Crippen molar-refractivity contribution in [3.63, 3.8) is 0 Å². The van der Waals surface area contributed by atoms with E-state index < -0.39 is 5.97 Å². The Balaban J connectivity index is 3.27. The van der Waals surface area contributed by atoms with Crippen molar-refractivity contribution in [2.24, 2.45) is 0 Å². The second-order valence-corrected chi connectivity index (χ2v) is 3.46. The van der Waals surface area contributed by atoms with Gasteiger partial charge >= 0.3 is 5.97 Å². The molecule has 0 spiro atoms. The van der Waals surface area contributed by atoms with E-state index in [1.165, 1.54) is 12.1 Å². The topological polar surface area (TPSA) is 61.1 Å². The molecule has 0 aromatic heterocycles. The van der Waals surface area contributed by atoms with E-state index in [0.29, 0.717) is 21.0 Å². The van der Waals surface area contributed by atoms with Gasteiger partial charge in [0.25, 0.3) is 0 Å². The molecule has 0 fully saturated rings. The lowest BCUT2D eigenvalue weighted by atomic mass is 10.1. The molecule has 0 radical (unpaired) electrons. The minimum absolute atomic E-state index is 0.229. The van der Waals surface area contributed by atoms with Crippen LogP contribution in [0.25, 0.3) is 0 Å². The van der Waals surface area contributed by atoms with Gasteiger partial charge in [-0.25, -0.2) is 0 Å². The fourth-order valence-corrected chi connectivity index (χ4v) is 1.64. The van der Waals surface area contributed by atoms with Crippen molar-refractivity contribution >= 4 is 30.2 Å². The van der Waals surface area contributed by atoms with Crippen LogP contribution in [0.4, 0.5) is 0 Å². The van der Waals surface area contributed by atoms with Crippen molar-refractivity contribution in [2.75, 3.05) is 0 Å². The molecule has 0 unspecified atom stereocenters. The van der Waals surface area contributed by atoms with Gasteiger partial charge in [-0.3, -0.25) is 4.79 Å². The third-order valence-electron chi connectivity index (χ3n) is 1.67. The predicted octanol–water partition coefficient (Wildman–Crippen LogP) is 2.13. The number of rotatable bonds is 2. The summed E-state index contributed by atoms with van der Waals surface area (Å²) in [5, 5.41) is 17.6. The summed E-state index contributed by atoms with van der Waals surface area (Å²) in [6.45, 7) is 0. The zero-order valence-corrected chi connectivity index (χ0v) is 8.64. The van der Waals surface area contributed by atoms with E-state index in [9.17, 15) is 4.79 Å². The summed E-state index contributed by atoms with van der Waals surface area (Å²) in [5.41, 5.74) is 0.704. The number of hydrogen-bond acceptors (Lipinski definition) is 3. The standard InChI is InChI=1S/C9H6ClNO2S/c10-7-2-1-5(4-11)9(14)6(7)3-8(12)13/h1-2,14H,3H2,(H,12,13). The number of benzene rings is 1. The SMILES string of the molecule is N#Cc1ccc(Cl)c(CC(=O)O)c1S. The molecule has 0 heterocycles. The highest BCUT2D eigenvalue weighted by molar-refractivity contribution is 7.80. The van der Waals surface area contributed by atoms with Gasteiger partial charge in [0, 0.05) is 9.92 Å². The predicted molar refractivity (Wildman–Crippen MR) is 54.8 cm³/mol. The highest BCUT2D eigenvalue weighted by atomic mass is 35.5. The lowest BCUT2D eigenvalue weighted by Crippen LogP contribution is -2.02. The molecule has 0 atom stereocenters. The monoisotopic (exact) mass is 227 g/mol. The Hall–Kier alpha value is -1.18. The normalized spacial score (nSPS) is 9.50. The van der Waals surface area contributed by atoms with Gasteiger partial charge < -0.3 is 5.11 Å². The van der Waals surface area contributed by atoms with Crippen molar-refractivity contribution in [3.8, 4) is 6.07 Å². The number of hydrogen-bond donors (Lipinski definition) is 2. The third kappa shape index (κ3) is 2.19. The maximum Gasteiger partial charge on any atom is 0.307 e. The zero-order chi connectivity index (χ0) is 10.7. The molecule has 0 saturated heterocycles. The molecule has 1 rings (SSSR count). The summed E-state index contributed by atoms with van der Waals surface area (Å²) in [7, 11) is 0. The largest absolute Gasteiger partial charge is 0.481 e. The quantitative estimate of drug-likeness (QED) is 0.761. The molecule has 14 heavy (non-hydrogen) atoms. The Labute approximate surface area is 91.3 Å². The molecule has 5 heteroatoms. The fourth-order valence-electron chi connectivity index (χ4n) is 1.02. The lowest BCUT2D eigenvalue weighted by Gasteiger charge is -2.05. The van der Waals surface area contributed by atoms with Crippen molar-refractivity contribution in [2.45, 2.75) is 11.3 Å². The maximum atomic E-state index is 10.5. The summed E-state index contributed by atoms with van der Waals surface area (Å²) in [4.78, 5) is 10.8. The molecule has 0 aliphatic rings. The molecular weight excluding hydrogens is 222 g/mol. The van der Waals surface area contributed by atoms with Crippen molar-refractivity contribution in [1.82, 2.24) is 0 Å². The van der Waals surface area contributed by atoms with Crippen LogP contribution in [0.1, 0.15) is 11.1 Å². The molecule has 0 aliphatic heterocycles.